The highest BCUT2D eigenvalue weighted by molar-refractivity contribution is 7.89. The fraction of sp³-hybridized carbons (Fsp3) is 0.222. The molecule has 0 bridgehead atoms. The van der Waals surface area contributed by atoms with Gasteiger partial charge in [0.1, 0.15) is 4.90 Å². The van der Waals surface area contributed by atoms with Crippen LogP contribution in [0.3, 0.4) is 0 Å². The lowest BCUT2D eigenvalue weighted by molar-refractivity contribution is 0.566. The van der Waals surface area contributed by atoms with Crippen LogP contribution in [-0.2, 0) is 10.0 Å². The molecule has 0 aromatic carbocycles. The van der Waals surface area contributed by atoms with Gasteiger partial charge in [-0.2, -0.15) is 5.10 Å². The highest BCUT2D eigenvalue weighted by Gasteiger charge is 2.19. The summed E-state index contributed by atoms with van der Waals surface area (Å²) >= 11 is 0. The quantitative estimate of drug-likeness (QED) is 0.706. The van der Waals surface area contributed by atoms with Crippen molar-refractivity contribution in [3.63, 3.8) is 0 Å². The van der Waals surface area contributed by atoms with Crippen molar-refractivity contribution in [1.82, 2.24) is 24.9 Å². The fourth-order valence-corrected chi connectivity index (χ4v) is 2.45. The summed E-state index contributed by atoms with van der Waals surface area (Å²) in [6.45, 7) is 1.71. The monoisotopic (exact) mass is 268 g/mol. The molecule has 0 aliphatic heterocycles. The number of anilines is 1. The van der Waals surface area contributed by atoms with Crippen LogP contribution < -0.4 is 10.5 Å². The normalized spacial score (nSPS) is 13.4. The molecule has 2 aromatic rings. The van der Waals surface area contributed by atoms with Crippen LogP contribution in [-0.4, -0.2) is 28.6 Å². The van der Waals surface area contributed by atoms with Crippen LogP contribution in [0.5, 0.6) is 0 Å². The standard InChI is InChI=1S/C9H12N6O2S/c1-6(7-2-13-14-3-7)15-18(16,17)8-4-11-9(10)12-5-8/h2-6,15H,1H3,(H,13,14)(H2,10,11,12). The Morgan fingerprint density at radius 1 is 1.33 bits per heavy atom. The Morgan fingerprint density at radius 3 is 2.56 bits per heavy atom. The molecule has 0 radical (unpaired) electrons. The number of rotatable bonds is 4. The molecule has 1 unspecified atom stereocenters. The van der Waals surface area contributed by atoms with Gasteiger partial charge in [-0.1, -0.05) is 0 Å². The average Bonchev–Trinajstić information content (AvgIpc) is 2.82. The second-order valence-electron chi connectivity index (χ2n) is 3.65. The minimum absolute atomic E-state index is 0.0248. The first-order chi connectivity index (χ1) is 8.49. The molecular weight excluding hydrogens is 256 g/mol. The number of nitrogens with two attached hydrogens (primary N) is 1. The lowest BCUT2D eigenvalue weighted by Crippen LogP contribution is -2.27. The van der Waals surface area contributed by atoms with Crippen LogP contribution in [0.4, 0.5) is 5.95 Å². The lowest BCUT2D eigenvalue weighted by Gasteiger charge is -2.12. The van der Waals surface area contributed by atoms with Gasteiger partial charge in [-0.15, -0.1) is 0 Å². The van der Waals surface area contributed by atoms with E-state index < -0.39 is 16.1 Å². The molecule has 2 rings (SSSR count). The predicted octanol–water partition coefficient (Wildman–Crippen LogP) is -0.179. The number of hydrogen-bond acceptors (Lipinski definition) is 6. The Balaban J connectivity index is 2.20. The third-order valence-corrected chi connectivity index (χ3v) is 3.80. The van der Waals surface area contributed by atoms with Gasteiger partial charge < -0.3 is 5.73 Å². The summed E-state index contributed by atoms with van der Waals surface area (Å²) in [5, 5.41) is 6.37. The number of sulfonamides is 1. The summed E-state index contributed by atoms with van der Waals surface area (Å²) in [6.07, 6.45) is 5.48. The van der Waals surface area contributed by atoms with Gasteiger partial charge in [-0.3, -0.25) is 5.10 Å². The van der Waals surface area contributed by atoms with Crippen molar-refractivity contribution in [2.45, 2.75) is 17.9 Å². The third kappa shape index (κ3) is 2.63. The van der Waals surface area contributed by atoms with E-state index in [0.29, 0.717) is 0 Å². The van der Waals surface area contributed by atoms with E-state index >= 15 is 0 Å². The maximum Gasteiger partial charge on any atom is 0.244 e. The molecule has 4 N–H and O–H groups in total. The molecule has 0 saturated heterocycles. The first-order valence-electron chi connectivity index (χ1n) is 5.07. The Bertz CT molecular complexity index is 607. The van der Waals surface area contributed by atoms with E-state index in [1.165, 1.54) is 0 Å². The number of nitrogens with one attached hydrogen (secondary N) is 2. The summed E-state index contributed by atoms with van der Waals surface area (Å²) < 4.78 is 26.5. The summed E-state index contributed by atoms with van der Waals surface area (Å²) in [5.41, 5.74) is 6.03. The van der Waals surface area contributed by atoms with Gasteiger partial charge in [0.2, 0.25) is 16.0 Å². The molecule has 9 heteroatoms. The number of aromatic nitrogens is 4. The summed E-state index contributed by atoms with van der Waals surface area (Å²) in [4.78, 5) is 7.25. The number of aromatic amines is 1. The number of hydrogen-bond donors (Lipinski definition) is 3. The van der Waals surface area contributed by atoms with Crippen molar-refractivity contribution in [3.8, 4) is 0 Å². The third-order valence-electron chi connectivity index (χ3n) is 2.31. The molecule has 0 fully saturated rings. The van der Waals surface area contributed by atoms with Crippen LogP contribution in [0.15, 0.2) is 29.7 Å². The van der Waals surface area contributed by atoms with E-state index in [0.717, 1.165) is 18.0 Å². The molecule has 0 aliphatic carbocycles. The summed E-state index contributed by atoms with van der Waals surface area (Å²) in [5.74, 6) is 0.0248. The minimum Gasteiger partial charge on any atom is -0.368 e. The van der Waals surface area contributed by atoms with Crippen molar-refractivity contribution in [1.29, 1.82) is 0 Å². The molecular formula is C9H12N6O2S. The second-order valence-corrected chi connectivity index (χ2v) is 5.37. The van der Waals surface area contributed by atoms with Crippen LogP contribution in [0.2, 0.25) is 0 Å². The molecule has 8 nitrogen and oxygen atoms in total. The zero-order valence-corrected chi connectivity index (χ0v) is 10.3. The van der Waals surface area contributed by atoms with Gasteiger partial charge in [0.15, 0.2) is 0 Å². The minimum atomic E-state index is -3.67. The van der Waals surface area contributed by atoms with Gasteiger partial charge in [0.25, 0.3) is 0 Å². The smallest absolute Gasteiger partial charge is 0.244 e. The summed E-state index contributed by atoms with van der Waals surface area (Å²) in [7, 11) is -3.67. The van der Waals surface area contributed by atoms with Crippen LogP contribution in [0, 0.1) is 0 Å². The predicted molar refractivity (Wildman–Crippen MR) is 63.8 cm³/mol. The van der Waals surface area contributed by atoms with Gasteiger partial charge >= 0.3 is 0 Å². The zero-order valence-electron chi connectivity index (χ0n) is 9.53. The van der Waals surface area contributed by atoms with E-state index in [2.05, 4.69) is 24.9 Å². The Labute approximate surface area is 104 Å². The fourth-order valence-electron chi connectivity index (χ4n) is 1.33. The topological polar surface area (TPSA) is 127 Å². The van der Waals surface area contributed by atoms with Crippen LogP contribution in [0.25, 0.3) is 0 Å². The number of nitrogen functional groups attached to an aromatic ring is 1. The highest BCUT2D eigenvalue weighted by Crippen LogP contribution is 2.14. The Morgan fingerprint density at radius 2 is 2.00 bits per heavy atom. The lowest BCUT2D eigenvalue weighted by atomic mass is 10.2. The highest BCUT2D eigenvalue weighted by atomic mass is 32.2. The Hall–Kier alpha value is -2.00. The summed E-state index contributed by atoms with van der Waals surface area (Å²) in [6, 6.07) is -0.411. The van der Waals surface area contributed by atoms with E-state index in [-0.39, 0.29) is 10.8 Å². The maximum atomic E-state index is 12.0. The SMILES string of the molecule is CC(NS(=O)(=O)c1cnc(N)nc1)c1cn[nH]c1. The molecule has 96 valence electrons. The van der Waals surface area contributed by atoms with Crippen LogP contribution in [0.1, 0.15) is 18.5 Å². The first-order valence-corrected chi connectivity index (χ1v) is 6.56. The average molecular weight is 268 g/mol. The van der Waals surface area contributed by atoms with E-state index in [1.54, 1.807) is 19.3 Å². The van der Waals surface area contributed by atoms with Gasteiger partial charge in [-0.05, 0) is 6.92 Å². The first kappa shape index (κ1) is 12.5. The van der Waals surface area contributed by atoms with Crippen molar-refractivity contribution in [2.24, 2.45) is 0 Å². The van der Waals surface area contributed by atoms with E-state index in [1.807, 2.05) is 0 Å². The molecule has 0 amide bonds. The van der Waals surface area contributed by atoms with Crippen molar-refractivity contribution in [2.75, 3.05) is 5.73 Å². The maximum absolute atomic E-state index is 12.0. The second kappa shape index (κ2) is 4.70. The van der Waals surface area contributed by atoms with E-state index in [9.17, 15) is 8.42 Å². The largest absolute Gasteiger partial charge is 0.368 e. The molecule has 0 aliphatic rings. The van der Waals surface area contributed by atoms with Crippen molar-refractivity contribution < 1.29 is 8.42 Å². The van der Waals surface area contributed by atoms with Crippen LogP contribution >= 0.6 is 0 Å². The molecule has 1 atom stereocenters. The zero-order chi connectivity index (χ0) is 13.2. The number of H-pyrrole nitrogens is 1. The van der Waals surface area contributed by atoms with Crippen molar-refractivity contribution >= 4 is 16.0 Å². The van der Waals surface area contributed by atoms with Gasteiger partial charge in [0, 0.05) is 17.8 Å². The molecule has 2 heterocycles. The van der Waals surface area contributed by atoms with Gasteiger partial charge in [-0.25, -0.2) is 23.1 Å². The molecule has 0 saturated carbocycles. The number of nitrogens with zero attached hydrogens (tertiary/aromatic N) is 3. The molecule has 18 heavy (non-hydrogen) atoms. The molecule has 0 spiro atoms. The van der Waals surface area contributed by atoms with Gasteiger partial charge in [0.05, 0.1) is 18.6 Å². The molecule has 2 aromatic heterocycles. The Kier molecular flexibility index (Phi) is 3.26. The van der Waals surface area contributed by atoms with Crippen molar-refractivity contribution in [3.05, 3.63) is 30.4 Å². The van der Waals surface area contributed by atoms with E-state index in [4.69, 9.17) is 5.73 Å².